The van der Waals surface area contributed by atoms with Crippen molar-refractivity contribution in [2.45, 2.75) is 46.1 Å². The molecule has 0 amide bonds. The van der Waals surface area contributed by atoms with Crippen molar-refractivity contribution in [2.75, 3.05) is 0 Å². The van der Waals surface area contributed by atoms with Gasteiger partial charge in [-0.2, -0.15) is 0 Å². The van der Waals surface area contributed by atoms with Crippen molar-refractivity contribution < 1.29 is 4.39 Å². The number of nitrogens with one attached hydrogen (secondary N) is 1. The van der Waals surface area contributed by atoms with Gasteiger partial charge in [-0.1, -0.05) is 44.5 Å². The Hall–Kier alpha value is -0.640. The Balaban J connectivity index is 2.65. The maximum absolute atomic E-state index is 13.8. The number of hydrogen-bond donors (Lipinski definition) is 2. The van der Waals surface area contributed by atoms with Gasteiger partial charge in [0.05, 0.1) is 5.02 Å². The van der Waals surface area contributed by atoms with E-state index in [-0.39, 0.29) is 22.3 Å². The Bertz CT molecular complexity index is 388. The SMILES string of the molecule is CC(C)(C)CCC(Cc1cccc(Cl)c1F)NN. The molecule has 1 unspecified atom stereocenters. The molecule has 2 nitrogen and oxygen atoms in total. The molecule has 0 spiro atoms. The number of benzene rings is 1. The van der Waals surface area contributed by atoms with Gasteiger partial charge in [0, 0.05) is 6.04 Å². The van der Waals surface area contributed by atoms with Gasteiger partial charge in [0.25, 0.3) is 0 Å². The highest BCUT2D eigenvalue weighted by molar-refractivity contribution is 6.30. The lowest BCUT2D eigenvalue weighted by Gasteiger charge is -2.23. The average molecular weight is 273 g/mol. The molecule has 1 aromatic rings. The summed E-state index contributed by atoms with van der Waals surface area (Å²) >= 11 is 5.76. The first-order chi connectivity index (χ1) is 8.33. The van der Waals surface area contributed by atoms with Crippen molar-refractivity contribution in [3.05, 3.63) is 34.6 Å². The Morgan fingerprint density at radius 1 is 1.39 bits per heavy atom. The fourth-order valence-electron chi connectivity index (χ4n) is 1.82. The number of hydrazine groups is 1. The zero-order valence-corrected chi connectivity index (χ0v) is 12.0. The van der Waals surface area contributed by atoms with E-state index in [4.69, 9.17) is 17.4 Å². The van der Waals surface area contributed by atoms with Crippen LogP contribution in [0.3, 0.4) is 0 Å². The first-order valence-corrected chi connectivity index (χ1v) is 6.60. The summed E-state index contributed by atoms with van der Waals surface area (Å²) < 4.78 is 13.8. The number of nitrogens with two attached hydrogens (primary N) is 1. The molecule has 1 aromatic carbocycles. The first-order valence-electron chi connectivity index (χ1n) is 6.22. The highest BCUT2D eigenvalue weighted by Gasteiger charge is 2.16. The topological polar surface area (TPSA) is 38.0 Å². The Morgan fingerprint density at radius 2 is 2.06 bits per heavy atom. The first kappa shape index (κ1) is 15.4. The Morgan fingerprint density at radius 3 is 2.61 bits per heavy atom. The fraction of sp³-hybridized carbons (Fsp3) is 0.571. The Labute approximate surface area is 114 Å². The van der Waals surface area contributed by atoms with E-state index in [0.717, 1.165) is 12.8 Å². The summed E-state index contributed by atoms with van der Waals surface area (Å²) in [5.41, 5.74) is 3.62. The molecule has 0 saturated heterocycles. The van der Waals surface area contributed by atoms with E-state index in [0.29, 0.717) is 12.0 Å². The van der Waals surface area contributed by atoms with Crippen molar-refractivity contribution in [2.24, 2.45) is 11.3 Å². The van der Waals surface area contributed by atoms with Crippen LogP contribution in [0.15, 0.2) is 18.2 Å². The molecule has 0 aliphatic carbocycles. The average Bonchev–Trinajstić information content (AvgIpc) is 2.28. The second-order valence-electron chi connectivity index (χ2n) is 5.88. The van der Waals surface area contributed by atoms with Crippen LogP contribution in [0.1, 0.15) is 39.2 Å². The summed E-state index contributed by atoms with van der Waals surface area (Å²) in [6, 6.07) is 5.14. The minimum atomic E-state index is -0.338. The summed E-state index contributed by atoms with van der Waals surface area (Å²) in [5.74, 6) is 5.19. The standard InChI is InChI=1S/C14H22ClFN2/c1-14(2,3)8-7-11(18-17)9-10-5-4-6-12(15)13(10)16/h4-6,11,18H,7-9,17H2,1-3H3. The van der Waals surface area contributed by atoms with E-state index in [9.17, 15) is 4.39 Å². The lowest BCUT2D eigenvalue weighted by Crippen LogP contribution is -2.37. The summed E-state index contributed by atoms with van der Waals surface area (Å²) in [4.78, 5) is 0. The molecular weight excluding hydrogens is 251 g/mol. The quantitative estimate of drug-likeness (QED) is 0.634. The zero-order valence-electron chi connectivity index (χ0n) is 11.3. The van der Waals surface area contributed by atoms with Crippen molar-refractivity contribution in [3.8, 4) is 0 Å². The van der Waals surface area contributed by atoms with Crippen LogP contribution in [0.25, 0.3) is 0 Å². The maximum atomic E-state index is 13.8. The highest BCUT2D eigenvalue weighted by atomic mass is 35.5. The van der Waals surface area contributed by atoms with Crippen LogP contribution in [0, 0.1) is 11.2 Å². The third-order valence-corrected chi connectivity index (χ3v) is 3.27. The fourth-order valence-corrected chi connectivity index (χ4v) is 2.02. The van der Waals surface area contributed by atoms with Crippen molar-refractivity contribution in [1.29, 1.82) is 0 Å². The van der Waals surface area contributed by atoms with Crippen LogP contribution in [0.4, 0.5) is 4.39 Å². The Kier molecular flexibility index (Phi) is 5.57. The largest absolute Gasteiger partial charge is 0.271 e. The smallest absolute Gasteiger partial charge is 0.145 e. The molecule has 102 valence electrons. The van der Waals surface area contributed by atoms with Gasteiger partial charge in [-0.15, -0.1) is 0 Å². The molecule has 0 heterocycles. The van der Waals surface area contributed by atoms with Gasteiger partial charge in [0.2, 0.25) is 0 Å². The van der Waals surface area contributed by atoms with E-state index in [2.05, 4.69) is 26.2 Å². The van der Waals surface area contributed by atoms with Crippen LogP contribution < -0.4 is 11.3 Å². The van der Waals surface area contributed by atoms with Gasteiger partial charge in [-0.25, -0.2) is 4.39 Å². The van der Waals surface area contributed by atoms with Gasteiger partial charge in [0.15, 0.2) is 0 Å². The molecule has 4 heteroatoms. The molecule has 1 atom stereocenters. The third kappa shape index (κ3) is 4.92. The molecule has 0 saturated carbocycles. The number of rotatable bonds is 5. The predicted octanol–water partition coefficient (Wildman–Crippen LogP) is 3.68. The molecule has 0 aromatic heterocycles. The molecule has 18 heavy (non-hydrogen) atoms. The summed E-state index contributed by atoms with van der Waals surface area (Å²) in [7, 11) is 0. The summed E-state index contributed by atoms with van der Waals surface area (Å²) in [5, 5.41) is 0.166. The molecule has 1 rings (SSSR count). The molecule has 0 radical (unpaired) electrons. The molecule has 3 N–H and O–H groups in total. The molecule has 0 aliphatic heterocycles. The van der Waals surface area contributed by atoms with Gasteiger partial charge in [0.1, 0.15) is 5.82 Å². The maximum Gasteiger partial charge on any atom is 0.145 e. The van der Waals surface area contributed by atoms with E-state index in [1.165, 1.54) is 0 Å². The number of halogens is 2. The third-order valence-electron chi connectivity index (χ3n) is 2.98. The molecule has 0 bridgehead atoms. The van der Waals surface area contributed by atoms with Gasteiger partial charge < -0.3 is 0 Å². The van der Waals surface area contributed by atoms with Gasteiger partial charge in [-0.05, 0) is 36.3 Å². The van der Waals surface area contributed by atoms with Gasteiger partial charge >= 0.3 is 0 Å². The minimum Gasteiger partial charge on any atom is -0.271 e. The lowest BCUT2D eigenvalue weighted by molar-refractivity contribution is 0.329. The van der Waals surface area contributed by atoms with E-state index < -0.39 is 0 Å². The zero-order chi connectivity index (χ0) is 13.8. The summed E-state index contributed by atoms with van der Waals surface area (Å²) in [6.07, 6.45) is 2.50. The number of hydrogen-bond acceptors (Lipinski definition) is 2. The monoisotopic (exact) mass is 272 g/mol. The minimum absolute atomic E-state index is 0.0668. The van der Waals surface area contributed by atoms with Crippen molar-refractivity contribution in [3.63, 3.8) is 0 Å². The van der Waals surface area contributed by atoms with E-state index in [1.807, 2.05) is 0 Å². The second kappa shape index (κ2) is 6.50. The van der Waals surface area contributed by atoms with Crippen LogP contribution >= 0.6 is 11.6 Å². The van der Waals surface area contributed by atoms with Crippen LogP contribution in [-0.4, -0.2) is 6.04 Å². The van der Waals surface area contributed by atoms with E-state index in [1.54, 1.807) is 18.2 Å². The molecular formula is C14H22ClFN2. The molecule has 0 aliphatic rings. The summed E-state index contributed by atoms with van der Waals surface area (Å²) in [6.45, 7) is 6.54. The normalized spacial score (nSPS) is 13.7. The van der Waals surface area contributed by atoms with Crippen LogP contribution in [-0.2, 0) is 6.42 Å². The highest BCUT2D eigenvalue weighted by Crippen LogP contribution is 2.24. The van der Waals surface area contributed by atoms with Crippen molar-refractivity contribution >= 4 is 11.6 Å². The van der Waals surface area contributed by atoms with Crippen LogP contribution in [0.2, 0.25) is 5.02 Å². The lowest BCUT2D eigenvalue weighted by atomic mass is 9.87. The molecule has 0 fully saturated rings. The van der Waals surface area contributed by atoms with Crippen LogP contribution in [0.5, 0.6) is 0 Å². The van der Waals surface area contributed by atoms with Crippen molar-refractivity contribution in [1.82, 2.24) is 5.43 Å². The second-order valence-corrected chi connectivity index (χ2v) is 6.29. The predicted molar refractivity (Wildman–Crippen MR) is 74.9 cm³/mol. The van der Waals surface area contributed by atoms with Gasteiger partial charge in [-0.3, -0.25) is 11.3 Å². The van der Waals surface area contributed by atoms with E-state index >= 15 is 0 Å².